The van der Waals surface area contributed by atoms with Crippen LogP contribution in [0.3, 0.4) is 0 Å². The lowest BCUT2D eigenvalue weighted by Crippen LogP contribution is -2.35. The Morgan fingerprint density at radius 1 is 1.12 bits per heavy atom. The second-order valence-corrected chi connectivity index (χ2v) is 11.6. The number of benzene rings is 2. The highest BCUT2D eigenvalue weighted by atomic mass is 35.5. The van der Waals surface area contributed by atoms with E-state index in [0.717, 1.165) is 49.9 Å². The minimum Gasteiger partial charge on any atom is -0.379 e. The third kappa shape index (κ3) is 5.65. The van der Waals surface area contributed by atoms with Gasteiger partial charge in [-0.1, -0.05) is 35.6 Å². The molecule has 0 atom stereocenters. The van der Waals surface area contributed by atoms with Crippen LogP contribution in [0.5, 0.6) is 0 Å². The van der Waals surface area contributed by atoms with Crippen molar-refractivity contribution in [1.82, 2.24) is 20.0 Å². The van der Waals surface area contributed by atoms with E-state index in [1.807, 2.05) is 24.3 Å². The normalized spacial score (nSPS) is 17.9. The summed E-state index contributed by atoms with van der Waals surface area (Å²) in [5.41, 5.74) is 1.40. The molecule has 2 N–H and O–H groups in total. The SMILES string of the molecule is Cn1nc(C(=O)NCc2ccc(Cl)cc2)c(=O)c2cc(CN3CCOCC3)cc(C#CC(O)(C3CC3)C3CC3)c21. The van der Waals surface area contributed by atoms with Crippen LogP contribution in [0.2, 0.25) is 5.02 Å². The van der Waals surface area contributed by atoms with Gasteiger partial charge in [-0.05, 0) is 72.9 Å². The zero-order valence-electron chi connectivity index (χ0n) is 22.6. The number of aliphatic hydroxyl groups is 1. The first-order chi connectivity index (χ1) is 19.3. The van der Waals surface area contributed by atoms with Gasteiger partial charge in [-0.15, -0.1) is 0 Å². The Labute approximate surface area is 238 Å². The first-order valence-electron chi connectivity index (χ1n) is 13.9. The molecule has 0 radical (unpaired) electrons. The Balaban J connectivity index is 1.38. The maximum Gasteiger partial charge on any atom is 0.276 e. The van der Waals surface area contributed by atoms with Crippen LogP contribution in [0.15, 0.2) is 41.2 Å². The number of morpholine rings is 1. The second-order valence-electron chi connectivity index (χ2n) is 11.2. The summed E-state index contributed by atoms with van der Waals surface area (Å²) in [6.07, 6.45) is 3.98. The number of hydrogen-bond acceptors (Lipinski definition) is 6. The van der Waals surface area contributed by atoms with Gasteiger partial charge in [-0.3, -0.25) is 19.2 Å². The number of aromatic nitrogens is 2. The lowest BCUT2D eigenvalue weighted by molar-refractivity contribution is 0.0342. The number of rotatable bonds is 7. The molecule has 3 aromatic rings. The first-order valence-corrected chi connectivity index (χ1v) is 14.3. The average molecular weight is 561 g/mol. The Morgan fingerprint density at radius 2 is 1.80 bits per heavy atom. The monoisotopic (exact) mass is 560 g/mol. The summed E-state index contributed by atoms with van der Waals surface area (Å²) in [6, 6.07) is 11.0. The smallest absolute Gasteiger partial charge is 0.276 e. The van der Waals surface area contributed by atoms with Gasteiger partial charge in [0.15, 0.2) is 5.69 Å². The van der Waals surface area contributed by atoms with Crippen LogP contribution in [0.1, 0.15) is 52.9 Å². The zero-order valence-corrected chi connectivity index (χ0v) is 23.3. The van der Waals surface area contributed by atoms with Crippen molar-refractivity contribution in [3.8, 4) is 11.8 Å². The van der Waals surface area contributed by atoms with Crippen LogP contribution in [0, 0.1) is 23.7 Å². The molecular formula is C31H33ClN4O4. The topological polar surface area (TPSA) is 96.7 Å². The van der Waals surface area contributed by atoms with Crippen LogP contribution in [0.4, 0.5) is 0 Å². The number of nitrogens with one attached hydrogen (secondary N) is 1. The highest BCUT2D eigenvalue weighted by molar-refractivity contribution is 6.30. The molecule has 2 aromatic carbocycles. The van der Waals surface area contributed by atoms with Crippen LogP contribution in [-0.2, 0) is 24.9 Å². The highest BCUT2D eigenvalue weighted by Gasteiger charge is 2.52. The second kappa shape index (κ2) is 11.0. The predicted molar refractivity (Wildman–Crippen MR) is 153 cm³/mol. The van der Waals surface area contributed by atoms with E-state index in [9.17, 15) is 14.7 Å². The Kier molecular flexibility index (Phi) is 7.41. The molecule has 2 saturated carbocycles. The highest BCUT2D eigenvalue weighted by Crippen LogP contribution is 2.51. The molecule has 0 bridgehead atoms. The van der Waals surface area contributed by atoms with Crippen molar-refractivity contribution in [1.29, 1.82) is 0 Å². The first kappa shape index (κ1) is 27.0. The number of aryl methyl sites for hydroxylation is 1. The fourth-order valence-electron chi connectivity index (χ4n) is 5.56. The molecule has 1 amide bonds. The van der Waals surface area contributed by atoms with Crippen LogP contribution < -0.4 is 10.7 Å². The van der Waals surface area contributed by atoms with Gasteiger partial charge in [-0.25, -0.2) is 0 Å². The Bertz CT molecular complexity index is 1550. The van der Waals surface area contributed by atoms with Gasteiger partial charge in [0.25, 0.3) is 5.91 Å². The fourth-order valence-corrected chi connectivity index (χ4v) is 5.69. The molecule has 208 valence electrons. The molecule has 2 heterocycles. The van der Waals surface area contributed by atoms with E-state index in [2.05, 4.69) is 27.2 Å². The number of carbonyl (C=O) groups is 1. The van der Waals surface area contributed by atoms with E-state index in [1.165, 1.54) is 0 Å². The largest absolute Gasteiger partial charge is 0.379 e. The van der Waals surface area contributed by atoms with Crippen molar-refractivity contribution in [2.45, 2.75) is 44.4 Å². The third-order valence-corrected chi connectivity index (χ3v) is 8.34. The van der Waals surface area contributed by atoms with E-state index < -0.39 is 16.9 Å². The zero-order chi connectivity index (χ0) is 27.9. The summed E-state index contributed by atoms with van der Waals surface area (Å²) < 4.78 is 7.06. The maximum atomic E-state index is 13.7. The van der Waals surface area contributed by atoms with Crippen LogP contribution >= 0.6 is 11.6 Å². The summed E-state index contributed by atoms with van der Waals surface area (Å²) in [6.45, 7) is 3.81. The summed E-state index contributed by atoms with van der Waals surface area (Å²) in [7, 11) is 1.72. The fraction of sp³-hybridized carbons (Fsp3) is 0.452. The number of carbonyl (C=O) groups excluding carboxylic acids is 1. The van der Waals surface area contributed by atoms with Crippen molar-refractivity contribution in [2.75, 3.05) is 26.3 Å². The van der Waals surface area contributed by atoms with Gasteiger partial charge in [-0.2, -0.15) is 5.10 Å². The van der Waals surface area contributed by atoms with E-state index in [4.69, 9.17) is 16.3 Å². The number of halogens is 1. The van der Waals surface area contributed by atoms with Crippen molar-refractivity contribution in [3.05, 3.63) is 74.0 Å². The summed E-state index contributed by atoms with van der Waals surface area (Å²) >= 11 is 5.96. The van der Waals surface area contributed by atoms with Crippen LogP contribution in [-0.4, -0.2) is 57.6 Å². The number of amides is 1. The van der Waals surface area contributed by atoms with E-state index in [0.29, 0.717) is 41.2 Å². The third-order valence-electron chi connectivity index (χ3n) is 8.09. The van der Waals surface area contributed by atoms with E-state index >= 15 is 0 Å². The lowest BCUT2D eigenvalue weighted by atomic mass is 9.92. The van der Waals surface area contributed by atoms with Gasteiger partial charge in [0.05, 0.1) is 29.7 Å². The average Bonchev–Trinajstić information content (AvgIpc) is 3.86. The predicted octanol–water partition coefficient (Wildman–Crippen LogP) is 3.25. The van der Waals surface area contributed by atoms with Gasteiger partial charge >= 0.3 is 0 Å². The minimum absolute atomic E-state index is 0.168. The standard InChI is InChI=1S/C31H33ClN4O4/c1-35-28-22(10-11-31(39,23-4-5-23)24-6-7-24)16-21(19-36-12-14-40-15-13-36)17-26(28)29(37)27(34-35)30(38)33-18-20-2-8-25(32)9-3-20/h2-3,8-9,16-17,23-24,39H,4-7,12-15,18-19H2,1H3,(H,33,38). The molecule has 6 rings (SSSR count). The minimum atomic E-state index is -0.986. The number of fused-ring (bicyclic) bond motifs is 1. The summed E-state index contributed by atoms with van der Waals surface area (Å²) in [5.74, 6) is 6.38. The van der Waals surface area contributed by atoms with Gasteiger partial charge in [0, 0.05) is 38.2 Å². The van der Waals surface area contributed by atoms with E-state index in [1.54, 1.807) is 23.9 Å². The molecule has 3 aliphatic rings. The molecule has 40 heavy (non-hydrogen) atoms. The molecule has 3 fully saturated rings. The molecule has 2 aliphatic carbocycles. The number of hydrogen-bond donors (Lipinski definition) is 2. The van der Waals surface area contributed by atoms with Crippen molar-refractivity contribution in [3.63, 3.8) is 0 Å². The molecule has 0 unspecified atom stereocenters. The van der Waals surface area contributed by atoms with Crippen LogP contribution in [0.25, 0.3) is 10.9 Å². The van der Waals surface area contributed by atoms with E-state index in [-0.39, 0.29) is 24.1 Å². The van der Waals surface area contributed by atoms with Gasteiger partial charge in [0.1, 0.15) is 5.60 Å². The molecule has 1 saturated heterocycles. The van der Waals surface area contributed by atoms with Gasteiger partial charge in [0.2, 0.25) is 5.43 Å². The number of ether oxygens (including phenoxy) is 1. The molecule has 0 spiro atoms. The lowest BCUT2D eigenvalue weighted by Gasteiger charge is -2.26. The summed E-state index contributed by atoms with van der Waals surface area (Å²) in [4.78, 5) is 29.1. The van der Waals surface area contributed by atoms with Crippen molar-refractivity contribution >= 4 is 28.4 Å². The molecular weight excluding hydrogens is 528 g/mol. The maximum absolute atomic E-state index is 13.7. The van der Waals surface area contributed by atoms with Crippen molar-refractivity contribution in [2.24, 2.45) is 18.9 Å². The number of nitrogens with zero attached hydrogens (tertiary/aromatic N) is 3. The Hall–Kier alpha value is -3.22. The van der Waals surface area contributed by atoms with Crippen molar-refractivity contribution < 1.29 is 14.6 Å². The summed E-state index contributed by atoms with van der Waals surface area (Å²) in [5, 5.41) is 19.6. The Morgan fingerprint density at radius 3 is 2.45 bits per heavy atom. The molecule has 9 heteroatoms. The molecule has 1 aromatic heterocycles. The molecule has 1 aliphatic heterocycles. The van der Waals surface area contributed by atoms with Gasteiger partial charge < -0.3 is 15.2 Å². The molecule has 8 nitrogen and oxygen atoms in total. The quantitative estimate of drug-likeness (QED) is 0.431.